The van der Waals surface area contributed by atoms with E-state index in [0.29, 0.717) is 6.04 Å². The summed E-state index contributed by atoms with van der Waals surface area (Å²) in [6, 6.07) is 0.638. The van der Waals surface area contributed by atoms with Crippen molar-refractivity contribution in [1.82, 2.24) is 19.6 Å². The van der Waals surface area contributed by atoms with Crippen LogP contribution in [-0.4, -0.2) is 65.4 Å². The summed E-state index contributed by atoms with van der Waals surface area (Å²) in [5.41, 5.74) is 8.38. The van der Waals surface area contributed by atoms with E-state index in [-0.39, 0.29) is 6.04 Å². The van der Waals surface area contributed by atoms with E-state index in [2.05, 4.69) is 35.9 Å². The summed E-state index contributed by atoms with van der Waals surface area (Å²) in [5.74, 6) is 0. The highest BCUT2D eigenvalue weighted by Crippen LogP contribution is 2.22. The first-order chi connectivity index (χ1) is 9.92. The van der Waals surface area contributed by atoms with Gasteiger partial charge in [0.15, 0.2) is 0 Å². The molecule has 5 nitrogen and oxygen atoms in total. The number of likely N-dealkylation sites (N-methyl/N-ethyl adjacent to an activating group) is 2. The van der Waals surface area contributed by atoms with E-state index in [9.17, 15) is 0 Å². The van der Waals surface area contributed by atoms with Crippen LogP contribution in [0, 0.1) is 6.92 Å². The third-order valence-electron chi connectivity index (χ3n) is 4.46. The van der Waals surface area contributed by atoms with Crippen molar-refractivity contribution in [2.45, 2.75) is 45.3 Å². The van der Waals surface area contributed by atoms with Crippen molar-refractivity contribution in [3.05, 3.63) is 16.4 Å². The van der Waals surface area contributed by atoms with Crippen LogP contribution in [0.2, 0.25) is 5.02 Å². The fraction of sp³-hybridized carbons (Fsp3) is 0.800. The van der Waals surface area contributed by atoms with Crippen LogP contribution in [0.5, 0.6) is 0 Å². The molecular weight excluding hydrogens is 286 g/mol. The predicted octanol–water partition coefficient (Wildman–Crippen LogP) is 1.37. The van der Waals surface area contributed by atoms with E-state index < -0.39 is 0 Å². The van der Waals surface area contributed by atoms with E-state index in [1.165, 1.54) is 0 Å². The average Bonchev–Trinajstić information content (AvgIpc) is 2.70. The van der Waals surface area contributed by atoms with Gasteiger partial charge in [-0.25, -0.2) is 0 Å². The number of hydrogen-bond donors (Lipinski definition) is 1. The summed E-state index contributed by atoms with van der Waals surface area (Å²) in [6.45, 7) is 8.21. The van der Waals surface area contributed by atoms with Crippen molar-refractivity contribution < 1.29 is 0 Å². The Kier molecular flexibility index (Phi) is 5.66. The molecule has 0 amide bonds. The third-order valence-corrected chi connectivity index (χ3v) is 4.96. The number of nitrogens with two attached hydrogens (primary N) is 1. The normalized spacial score (nSPS) is 22.7. The molecule has 0 aliphatic carbocycles. The molecule has 2 unspecified atom stereocenters. The van der Waals surface area contributed by atoms with Crippen LogP contribution in [0.3, 0.4) is 0 Å². The smallest absolute Gasteiger partial charge is 0.0847 e. The maximum Gasteiger partial charge on any atom is 0.0847 e. The van der Waals surface area contributed by atoms with Gasteiger partial charge in [0.25, 0.3) is 0 Å². The van der Waals surface area contributed by atoms with E-state index in [1.807, 2.05) is 11.6 Å². The summed E-state index contributed by atoms with van der Waals surface area (Å²) < 4.78 is 1.98. The van der Waals surface area contributed by atoms with Crippen LogP contribution in [0.4, 0.5) is 0 Å². The highest BCUT2D eigenvalue weighted by Gasteiger charge is 2.25. The number of piperazine rings is 1. The Hall–Kier alpha value is -0.620. The molecule has 0 spiro atoms. The van der Waals surface area contributed by atoms with Gasteiger partial charge in [-0.2, -0.15) is 5.10 Å². The molecule has 1 aromatic heterocycles. The second-order valence-electron chi connectivity index (χ2n) is 6.26. The summed E-state index contributed by atoms with van der Waals surface area (Å²) in [7, 11) is 4.37. The SMILES string of the molecule is CCn1nc(C)c(Cl)c1CC(N)CC1CN(C)CCN1C. The maximum absolute atomic E-state index is 6.40. The van der Waals surface area contributed by atoms with Crippen molar-refractivity contribution in [1.29, 1.82) is 0 Å². The summed E-state index contributed by atoms with van der Waals surface area (Å²) in [4.78, 5) is 4.80. The number of halogens is 1. The Bertz CT molecular complexity index is 473. The van der Waals surface area contributed by atoms with E-state index >= 15 is 0 Å². The van der Waals surface area contributed by atoms with Gasteiger partial charge in [0.1, 0.15) is 0 Å². The van der Waals surface area contributed by atoms with Gasteiger partial charge in [0.2, 0.25) is 0 Å². The molecule has 1 aliphatic heterocycles. The quantitative estimate of drug-likeness (QED) is 0.892. The lowest BCUT2D eigenvalue weighted by atomic mass is 10.0. The van der Waals surface area contributed by atoms with E-state index in [0.717, 1.165) is 55.4 Å². The van der Waals surface area contributed by atoms with Crippen molar-refractivity contribution in [2.24, 2.45) is 5.73 Å². The molecule has 2 rings (SSSR count). The van der Waals surface area contributed by atoms with Gasteiger partial charge < -0.3 is 15.5 Å². The Morgan fingerprint density at radius 2 is 2.10 bits per heavy atom. The number of aromatic nitrogens is 2. The van der Waals surface area contributed by atoms with Crippen LogP contribution >= 0.6 is 11.6 Å². The van der Waals surface area contributed by atoms with Crippen LogP contribution < -0.4 is 5.73 Å². The Morgan fingerprint density at radius 1 is 1.38 bits per heavy atom. The summed E-state index contributed by atoms with van der Waals surface area (Å²) in [6.07, 6.45) is 1.78. The lowest BCUT2D eigenvalue weighted by molar-refractivity contribution is 0.104. The minimum atomic E-state index is 0.114. The zero-order chi connectivity index (χ0) is 15.6. The monoisotopic (exact) mass is 313 g/mol. The van der Waals surface area contributed by atoms with Crippen molar-refractivity contribution >= 4 is 11.6 Å². The number of hydrogen-bond acceptors (Lipinski definition) is 4. The van der Waals surface area contributed by atoms with Crippen molar-refractivity contribution in [2.75, 3.05) is 33.7 Å². The molecule has 0 saturated carbocycles. The van der Waals surface area contributed by atoms with Crippen LogP contribution in [0.15, 0.2) is 0 Å². The van der Waals surface area contributed by atoms with Crippen LogP contribution in [0.25, 0.3) is 0 Å². The second kappa shape index (κ2) is 7.09. The van der Waals surface area contributed by atoms with Gasteiger partial charge in [0, 0.05) is 44.7 Å². The molecular formula is C15H28ClN5. The molecule has 21 heavy (non-hydrogen) atoms. The Morgan fingerprint density at radius 3 is 2.76 bits per heavy atom. The molecule has 120 valence electrons. The van der Waals surface area contributed by atoms with Crippen molar-refractivity contribution in [3.63, 3.8) is 0 Å². The van der Waals surface area contributed by atoms with Gasteiger partial charge in [0.05, 0.1) is 16.4 Å². The first-order valence-electron chi connectivity index (χ1n) is 7.78. The number of rotatable bonds is 5. The molecule has 2 atom stereocenters. The molecule has 0 bridgehead atoms. The van der Waals surface area contributed by atoms with E-state index in [4.69, 9.17) is 17.3 Å². The zero-order valence-electron chi connectivity index (χ0n) is 13.6. The molecule has 6 heteroatoms. The second-order valence-corrected chi connectivity index (χ2v) is 6.64. The fourth-order valence-electron chi connectivity index (χ4n) is 3.10. The van der Waals surface area contributed by atoms with Crippen LogP contribution in [-0.2, 0) is 13.0 Å². The zero-order valence-corrected chi connectivity index (χ0v) is 14.4. The number of aryl methyl sites for hydroxylation is 2. The fourth-order valence-corrected chi connectivity index (χ4v) is 3.31. The molecule has 0 radical (unpaired) electrons. The topological polar surface area (TPSA) is 50.3 Å². The summed E-state index contributed by atoms with van der Waals surface area (Å²) >= 11 is 6.37. The molecule has 1 aliphatic rings. The van der Waals surface area contributed by atoms with Gasteiger partial charge >= 0.3 is 0 Å². The lowest BCUT2D eigenvalue weighted by Gasteiger charge is -2.38. The van der Waals surface area contributed by atoms with Gasteiger partial charge in [-0.05, 0) is 34.4 Å². The molecule has 1 fully saturated rings. The molecule has 2 N–H and O–H groups in total. The summed E-state index contributed by atoms with van der Waals surface area (Å²) in [5, 5.41) is 5.25. The van der Waals surface area contributed by atoms with E-state index in [1.54, 1.807) is 0 Å². The minimum Gasteiger partial charge on any atom is -0.327 e. The Balaban J connectivity index is 2.00. The Labute approximate surface area is 133 Å². The maximum atomic E-state index is 6.40. The molecule has 0 aromatic carbocycles. The first kappa shape index (κ1) is 16.7. The average molecular weight is 314 g/mol. The standard InChI is InChI=1S/C15H28ClN5/c1-5-21-14(15(16)11(2)18-21)9-12(17)8-13-10-19(3)6-7-20(13)4/h12-13H,5-10,17H2,1-4H3. The highest BCUT2D eigenvalue weighted by atomic mass is 35.5. The minimum absolute atomic E-state index is 0.114. The highest BCUT2D eigenvalue weighted by molar-refractivity contribution is 6.31. The third kappa shape index (κ3) is 3.97. The first-order valence-corrected chi connectivity index (χ1v) is 8.16. The van der Waals surface area contributed by atoms with Crippen molar-refractivity contribution in [3.8, 4) is 0 Å². The lowest BCUT2D eigenvalue weighted by Crippen LogP contribution is -2.52. The largest absolute Gasteiger partial charge is 0.327 e. The van der Waals surface area contributed by atoms with Crippen LogP contribution in [0.1, 0.15) is 24.7 Å². The van der Waals surface area contributed by atoms with Gasteiger partial charge in [-0.15, -0.1) is 0 Å². The molecule has 1 aromatic rings. The molecule has 2 heterocycles. The number of nitrogens with zero attached hydrogens (tertiary/aromatic N) is 4. The van der Waals surface area contributed by atoms with Gasteiger partial charge in [-0.1, -0.05) is 11.6 Å². The molecule has 1 saturated heterocycles. The predicted molar refractivity (Wildman–Crippen MR) is 87.9 cm³/mol. The van der Waals surface area contributed by atoms with Gasteiger partial charge in [-0.3, -0.25) is 4.68 Å².